The maximum absolute atomic E-state index is 14.5. The van der Waals surface area contributed by atoms with Crippen LogP contribution in [-0.4, -0.2) is 38.7 Å². The van der Waals surface area contributed by atoms with Crippen LogP contribution in [0.1, 0.15) is 34.0 Å². The number of nitrogens with zero attached hydrogens (tertiary/aromatic N) is 1. The van der Waals surface area contributed by atoms with Crippen molar-refractivity contribution in [3.05, 3.63) is 58.4 Å². The van der Waals surface area contributed by atoms with Gasteiger partial charge < -0.3 is 14.4 Å². The van der Waals surface area contributed by atoms with Gasteiger partial charge in [0.05, 0.1) is 31.1 Å². The molecule has 1 aliphatic carbocycles. The first kappa shape index (κ1) is 21.6. The highest BCUT2D eigenvalue weighted by atomic mass is 19.4. The van der Waals surface area contributed by atoms with Crippen molar-refractivity contribution in [3.8, 4) is 5.75 Å². The monoisotopic (exact) mass is 437 g/mol. The Morgan fingerprint density at radius 2 is 1.94 bits per heavy atom. The molecule has 0 aromatic heterocycles. The van der Waals surface area contributed by atoms with Gasteiger partial charge in [0, 0.05) is 24.6 Å². The van der Waals surface area contributed by atoms with Crippen LogP contribution in [0.4, 0.5) is 23.2 Å². The van der Waals surface area contributed by atoms with Gasteiger partial charge in [0.15, 0.2) is 5.78 Å². The van der Waals surface area contributed by atoms with E-state index in [1.807, 2.05) is 13.0 Å². The minimum atomic E-state index is -4.78. The number of carbonyl (C=O) groups is 1. The van der Waals surface area contributed by atoms with Crippen LogP contribution >= 0.6 is 0 Å². The highest BCUT2D eigenvalue weighted by molar-refractivity contribution is 6.03. The number of hydrogen-bond acceptors (Lipinski definition) is 4. The molecule has 2 aromatic rings. The third-order valence-corrected chi connectivity index (χ3v) is 5.79. The first-order valence-electron chi connectivity index (χ1n) is 10.3. The molecule has 166 valence electrons. The molecule has 8 heteroatoms. The molecule has 1 unspecified atom stereocenters. The van der Waals surface area contributed by atoms with Crippen molar-refractivity contribution >= 4 is 11.5 Å². The predicted molar refractivity (Wildman–Crippen MR) is 107 cm³/mol. The lowest BCUT2D eigenvalue weighted by Gasteiger charge is -2.30. The fourth-order valence-corrected chi connectivity index (χ4v) is 4.30. The zero-order chi connectivity index (χ0) is 22.2. The summed E-state index contributed by atoms with van der Waals surface area (Å²) in [6.45, 7) is 4.88. The number of hydrogen-bond donors (Lipinski definition) is 0. The second kappa shape index (κ2) is 8.49. The van der Waals surface area contributed by atoms with Gasteiger partial charge in [-0.15, -0.1) is 0 Å². The second-order valence-corrected chi connectivity index (χ2v) is 7.76. The van der Waals surface area contributed by atoms with Crippen molar-refractivity contribution in [2.45, 2.75) is 25.9 Å². The van der Waals surface area contributed by atoms with E-state index in [1.165, 1.54) is 12.1 Å². The summed E-state index contributed by atoms with van der Waals surface area (Å²) in [5, 5.41) is 0. The van der Waals surface area contributed by atoms with Crippen LogP contribution in [0.3, 0.4) is 0 Å². The van der Waals surface area contributed by atoms with Crippen LogP contribution in [0, 0.1) is 11.7 Å². The van der Waals surface area contributed by atoms with E-state index in [0.29, 0.717) is 56.7 Å². The summed E-state index contributed by atoms with van der Waals surface area (Å²) in [7, 11) is 0. The number of morpholine rings is 1. The van der Waals surface area contributed by atoms with Crippen molar-refractivity contribution in [2.75, 3.05) is 37.8 Å². The summed E-state index contributed by atoms with van der Waals surface area (Å²) < 4.78 is 64.8. The molecule has 4 nitrogen and oxygen atoms in total. The quantitative estimate of drug-likeness (QED) is 0.637. The minimum absolute atomic E-state index is 0.0832. The Morgan fingerprint density at radius 3 is 2.61 bits per heavy atom. The van der Waals surface area contributed by atoms with Crippen molar-refractivity contribution < 1.29 is 31.8 Å². The second-order valence-electron chi connectivity index (χ2n) is 7.76. The highest BCUT2D eigenvalue weighted by Crippen LogP contribution is 2.39. The topological polar surface area (TPSA) is 38.8 Å². The van der Waals surface area contributed by atoms with Gasteiger partial charge in [-0.1, -0.05) is 12.1 Å². The van der Waals surface area contributed by atoms with Crippen molar-refractivity contribution in [2.24, 2.45) is 5.92 Å². The zero-order valence-corrected chi connectivity index (χ0v) is 17.1. The Balaban J connectivity index is 1.62. The smallest absolute Gasteiger partial charge is 0.419 e. The molecule has 0 radical (unpaired) electrons. The molecule has 1 atom stereocenters. The third kappa shape index (κ3) is 4.26. The zero-order valence-electron chi connectivity index (χ0n) is 17.1. The van der Waals surface area contributed by atoms with Crippen molar-refractivity contribution in [1.82, 2.24) is 0 Å². The van der Waals surface area contributed by atoms with E-state index in [9.17, 15) is 22.4 Å². The molecule has 1 heterocycles. The molecule has 0 saturated carbocycles. The highest BCUT2D eigenvalue weighted by Gasteiger charge is 2.37. The molecule has 31 heavy (non-hydrogen) atoms. The number of Topliss-reactive ketones (excluding diaryl/α,β-unsaturated/α-hetero) is 1. The number of fused-ring (bicyclic) bond motifs is 1. The molecular formula is C23H23F4NO3. The predicted octanol–water partition coefficient (Wildman–Crippen LogP) is 4.68. The van der Waals surface area contributed by atoms with E-state index in [1.54, 1.807) is 6.07 Å². The van der Waals surface area contributed by atoms with E-state index >= 15 is 0 Å². The van der Waals surface area contributed by atoms with Crippen LogP contribution in [-0.2, 0) is 23.8 Å². The number of ketones is 1. The molecule has 1 aliphatic heterocycles. The molecule has 0 N–H and O–H groups in total. The average molecular weight is 437 g/mol. The lowest BCUT2D eigenvalue weighted by molar-refractivity contribution is -0.140. The Kier molecular flexibility index (Phi) is 5.92. The van der Waals surface area contributed by atoms with E-state index in [0.717, 1.165) is 11.3 Å². The standard InChI is InChI=1S/C23H23F4NO3/c1-2-31-20-13-17-15(12-19(20)28-6-8-30-9-7-28)11-16(22(17)29)10-14-4-3-5-18(21(14)24)23(25,26)27/h3-5,12-13,16H,2,6-11H2,1H3. The van der Waals surface area contributed by atoms with E-state index in [2.05, 4.69) is 4.90 Å². The summed E-state index contributed by atoms with van der Waals surface area (Å²) >= 11 is 0. The number of alkyl halides is 3. The van der Waals surface area contributed by atoms with E-state index in [-0.39, 0.29) is 17.8 Å². The van der Waals surface area contributed by atoms with Crippen molar-refractivity contribution in [3.63, 3.8) is 0 Å². The van der Waals surface area contributed by atoms with Gasteiger partial charge in [-0.25, -0.2) is 4.39 Å². The molecule has 0 amide bonds. The van der Waals surface area contributed by atoms with Crippen LogP contribution in [0.25, 0.3) is 0 Å². The van der Waals surface area contributed by atoms with Crippen molar-refractivity contribution in [1.29, 1.82) is 0 Å². The summed E-state index contributed by atoms with van der Waals surface area (Å²) in [6, 6.07) is 6.84. The van der Waals surface area contributed by atoms with Crippen LogP contribution in [0.2, 0.25) is 0 Å². The number of halogens is 4. The molecule has 0 spiro atoms. The van der Waals surface area contributed by atoms with Gasteiger partial charge in [-0.3, -0.25) is 4.79 Å². The molecule has 4 rings (SSSR count). The maximum Gasteiger partial charge on any atom is 0.419 e. The van der Waals surface area contributed by atoms with E-state index in [4.69, 9.17) is 9.47 Å². The molecular weight excluding hydrogens is 414 g/mol. The van der Waals surface area contributed by atoms with Gasteiger partial charge in [0.25, 0.3) is 0 Å². The third-order valence-electron chi connectivity index (χ3n) is 5.79. The molecule has 2 aromatic carbocycles. The Bertz CT molecular complexity index is 984. The lowest BCUT2D eigenvalue weighted by atomic mass is 9.94. The van der Waals surface area contributed by atoms with Gasteiger partial charge >= 0.3 is 6.18 Å². The molecule has 1 saturated heterocycles. The van der Waals surface area contributed by atoms with E-state index < -0.39 is 23.5 Å². The lowest BCUT2D eigenvalue weighted by Crippen LogP contribution is -2.36. The Hall–Kier alpha value is -2.61. The Morgan fingerprint density at radius 1 is 1.19 bits per heavy atom. The minimum Gasteiger partial charge on any atom is -0.492 e. The first-order chi connectivity index (χ1) is 14.8. The average Bonchev–Trinajstić information content (AvgIpc) is 3.04. The molecule has 0 bridgehead atoms. The fourth-order valence-electron chi connectivity index (χ4n) is 4.30. The van der Waals surface area contributed by atoms with Gasteiger partial charge in [0.2, 0.25) is 0 Å². The number of carbonyl (C=O) groups excluding carboxylic acids is 1. The normalized spacial score (nSPS) is 18.9. The number of ether oxygens (including phenoxy) is 2. The molecule has 2 aliphatic rings. The first-order valence-corrected chi connectivity index (χ1v) is 10.3. The number of rotatable bonds is 5. The van der Waals surface area contributed by atoms with Gasteiger partial charge in [-0.05, 0) is 49.1 Å². The van der Waals surface area contributed by atoms with Gasteiger partial charge in [-0.2, -0.15) is 13.2 Å². The SMILES string of the molecule is CCOc1cc2c(cc1N1CCOCC1)CC(Cc1cccc(C(F)(F)F)c1F)C2=O. The van der Waals surface area contributed by atoms with Crippen LogP contribution < -0.4 is 9.64 Å². The maximum atomic E-state index is 14.5. The fraction of sp³-hybridized carbons (Fsp3) is 0.435. The Labute approximate surface area is 177 Å². The van der Waals surface area contributed by atoms with Crippen LogP contribution in [0.15, 0.2) is 30.3 Å². The number of anilines is 1. The van der Waals surface area contributed by atoms with Crippen LogP contribution in [0.5, 0.6) is 5.75 Å². The number of benzene rings is 2. The largest absolute Gasteiger partial charge is 0.492 e. The van der Waals surface area contributed by atoms with Gasteiger partial charge in [0.1, 0.15) is 11.6 Å². The summed E-state index contributed by atoms with van der Waals surface area (Å²) in [4.78, 5) is 15.1. The summed E-state index contributed by atoms with van der Waals surface area (Å²) in [5.74, 6) is -1.51. The summed E-state index contributed by atoms with van der Waals surface area (Å²) in [6.07, 6.45) is -4.50. The molecule has 1 fully saturated rings. The summed E-state index contributed by atoms with van der Waals surface area (Å²) in [5.41, 5.74) is 0.786.